The van der Waals surface area contributed by atoms with Gasteiger partial charge in [0, 0.05) is 5.41 Å². The molecule has 10 rings (SSSR count). The lowest BCUT2D eigenvalue weighted by Gasteiger charge is -2.72. The maximum Gasteiger partial charge on any atom is 0.317 e. The maximum absolute atomic E-state index is 15.4. The van der Waals surface area contributed by atoms with Crippen LogP contribution < -0.4 is 0 Å². The molecule has 488 valence electrons. The fourth-order valence-electron chi connectivity index (χ4n) is 17.4. The lowest BCUT2D eigenvalue weighted by molar-refractivity contribution is -0.372. The highest BCUT2D eigenvalue weighted by Gasteiger charge is 2.74. The van der Waals surface area contributed by atoms with Crippen LogP contribution in [0.4, 0.5) is 0 Å². The van der Waals surface area contributed by atoms with Crippen molar-refractivity contribution in [3.05, 3.63) is 11.6 Å². The molecule has 0 aromatic rings. The second kappa shape index (κ2) is 24.0. The van der Waals surface area contributed by atoms with Crippen LogP contribution in [0.25, 0.3) is 0 Å². The number of hydrogen-bond donors (Lipinski definition) is 17. The zero-order valence-electron chi connectivity index (χ0n) is 48.8. The van der Waals surface area contributed by atoms with E-state index in [-0.39, 0.29) is 30.6 Å². The molecule has 28 nitrogen and oxygen atoms in total. The van der Waals surface area contributed by atoms with E-state index in [1.54, 1.807) is 0 Å². The molecular formula is C57H92O28. The number of carbonyl (C=O) groups excluding carboxylic acids is 1. The minimum absolute atomic E-state index is 0.0767. The third-order valence-corrected chi connectivity index (χ3v) is 22.6. The molecule has 0 bridgehead atoms. The minimum Gasteiger partial charge on any atom is -0.432 e. The summed E-state index contributed by atoms with van der Waals surface area (Å²) in [6.07, 6.45) is -32.8. The van der Waals surface area contributed by atoms with Crippen molar-refractivity contribution in [2.75, 3.05) is 46.2 Å². The number of esters is 1. The van der Waals surface area contributed by atoms with Crippen molar-refractivity contribution in [3.8, 4) is 0 Å². The fraction of sp³-hybridized carbons (Fsp3) is 0.947. The largest absolute Gasteiger partial charge is 0.432 e. The van der Waals surface area contributed by atoms with Gasteiger partial charge in [-0.1, -0.05) is 46.3 Å². The van der Waals surface area contributed by atoms with Gasteiger partial charge in [0.2, 0.25) is 6.29 Å². The number of allylic oxidation sites excluding steroid dienone is 2. The highest BCUT2D eigenvalue weighted by molar-refractivity contribution is 5.80. The number of ether oxygens (including phenoxy) is 10. The molecule has 5 aliphatic heterocycles. The Kier molecular flexibility index (Phi) is 18.7. The van der Waals surface area contributed by atoms with Crippen LogP contribution in [0.15, 0.2) is 11.6 Å². The summed E-state index contributed by atoms with van der Waals surface area (Å²) in [6.45, 7) is 7.41. The average molecular weight is 1230 g/mol. The van der Waals surface area contributed by atoms with Crippen molar-refractivity contribution >= 4 is 5.97 Å². The topological polar surface area (TPSA) is 453 Å². The Bertz CT molecular complexity index is 2380. The summed E-state index contributed by atoms with van der Waals surface area (Å²) in [4.78, 5) is 15.4. The third-order valence-electron chi connectivity index (χ3n) is 22.6. The van der Waals surface area contributed by atoms with Crippen LogP contribution in [0.5, 0.6) is 0 Å². The van der Waals surface area contributed by atoms with Crippen LogP contribution in [0.1, 0.15) is 92.9 Å². The number of aliphatic hydroxyl groups is 17. The molecule has 4 saturated carbocycles. The van der Waals surface area contributed by atoms with Gasteiger partial charge in [-0.2, -0.15) is 0 Å². The molecule has 5 saturated heterocycles. The van der Waals surface area contributed by atoms with E-state index in [2.05, 4.69) is 33.8 Å². The van der Waals surface area contributed by atoms with Gasteiger partial charge in [0.05, 0.1) is 70.7 Å². The first-order chi connectivity index (χ1) is 39.9. The van der Waals surface area contributed by atoms with E-state index in [0.717, 1.165) is 5.57 Å². The molecule has 5 heterocycles. The summed E-state index contributed by atoms with van der Waals surface area (Å²) >= 11 is 0. The minimum atomic E-state index is -2.08. The second-order valence-electron chi connectivity index (χ2n) is 27.9. The number of aliphatic hydroxyl groups excluding tert-OH is 16. The molecule has 28 heteroatoms. The molecule has 0 spiro atoms. The van der Waals surface area contributed by atoms with E-state index >= 15 is 4.79 Å². The SMILES string of the molecule is C[C@H]1O[C@H](O[C@H]2[C@H](OC(=O)[C@@]34CCC(C)(C)C[C@@H]3C3=CC[C@@H]5[C@]6(C)C[C@H](O)[C@H](O[C@H]7O[C@H](CO)[C@@H](O)[C@@H](O)[C@H]7O)C(CO)(CO)[C@@H]6CC[C@]5(C)[C@@]3(C)C[C@H]4O)OC[C@@H](O)[C@H]2O)[C@@H](O)[C@@H](O)[C@H]1O[C@H]1OC[C@@H](O)[C@@H](O[C@H]2OC[C@@](O)(CO)[C@H]2O)[C@H]1O. The number of rotatable bonds is 14. The molecule has 0 radical (unpaired) electrons. The van der Waals surface area contributed by atoms with Gasteiger partial charge >= 0.3 is 5.97 Å². The first-order valence-electron chi connectivity index (χ1n) is 29.9. The van der Waals surface area contributed by atoms with E-state index < -0.39 is 238 Å². The Morgan fingerprint density at radius 3 is 1.89 bits per heavy atom. The smallest absolute Gasteiger partial charge is 0.317 e. The van der Waals surface area contributed by atoms with Crippen LogP contribution in [-0.4, -0.2) is 286 Å². The van der Waals surface area contributed by atoms with E-state index in [9.17, 15) is 86.8 Å². The fourth-order valence-corrected chi connectivity index (χ4v) is 17.4. The number of fused-ring (bicyclic) bond motifs is 7. The summed E-state index contributed by atoms with van der Waals surface area (Å²) in [5.74, 6) is -2.25. The van der Waals surface area contributed by atoms with Gasteiger partial charge in [0.25, 0.3) is 0 Å². The predicted molar refractivity (Wildman–Crippen MR) is 282 cm³/mol. The molecule has 0 amide bonds. The third kappa shape index (κ3) is 10.6. The quantitative estimate of drug-likeness (QED) is 0.0439. The summed E-state index contributed by atoms with van der Waals surface area (Å²) in [6, 6.07) is 0. The van der Waals surface area contributed by atoms with Crippen LogP contribution >= 0.6 is 0 Å². The van der Waals surface area contributed by atoms with Crippen molar-refractivity contribution in [3.63, 3.8) is 0 Å². The molecule has 17 N–H and O–H groups in total. The lowest BCUT2D eigenvalue weighted by atomic mass is 9.33. The number of hydrogen-bond acceptors (Lipinski definition) is 28. The van der Waals surface area contributed by atoms with Gasteiger partial charge < -0.3 is 134 Å². The molecule has 10 aliphatic rings. The Morgan fingerprint density at radius 1 is 0.600 bits per heavy atom. The van der Waals surface area contributed by atoms with Gasteiger partial charge in [-0.05, 0) is 97.7 Å². The molecular weight excluding hydrogens is 1130 g/mol. The number of carbonyl (C=O) groups is 1. The molecule has 9 fully saturated rings. The normalized spacial score (nSPS) is 54.0. The molecule has 0 aromatic heterocycles. The highest BCUT2D eigenvalue weighted by atomic mass is 16.8. The average Bonchev–Trinajstić information content (AvgIpc) is 0.951. The molecule has 0 unspecified atom stereocenters. The van der Waals surface area contributed by atoms with Crippen molar-refractivity contribution in [1.29, 1.82) is 0 Å². The highest BCUT2D eigenvalue weighted by Crippen LogP contribution is 2.76. The zero-order valence-corrected chi connectivity index (χ0v) is 48.8. The Hall–Kier alpha value is -1.83. The first-order valence-corrected chi connectivity index (χ1v) is 29.9. The maximum atomic E-state index is 15.4. The second-order valence-corrected chi connectivity index (χ2v) is 27.9. The zero-order chi connectivity index (χ0) is 62.1. The van der Waals surface area contributed by atoms with Crippen LogP contribution in [0, 0.1) is 50.2 Å². The Labute approximate surface area is 491 Å². The predicted octanol–water partition coefficient (Wildman–Crippen LogP) is -5.38. The molecule has 5 aliphatic carbocycles. The van der Waals surface area contributed by atoms with Crippen molar-refractivity contribution in [1.82, 2.24) is 0 Å². The van der Waals surface area contributed by atoms with Crippen LogP contribution in [0.3, 0.4) is 0 Å². The van der Waals surface area contributed by atoms with Gasteiger partial charge in [-0.3, -0.25) is 4.79 Å². The molecule has 31 atom stereocenters. The van der Waals surface area contributed by atoms with E-state index in [1.807, 2.05) is 6.92 Å². The van der Waals surface area contributed by atoms with Crippen molar-refractivity contribution in [2.45, 2.75) is 240 Å². The lowest BCUT2D eigenvalue weighted by Crippen LogP contribution is -2.71. The summed E-state index contributed by atoms with van der Waals surface area (Å²) < 4.78 is 58.5. The standard InChI is InChI=1S/C57H92O28/c1-23-40(81-45-39(72)41(28(64)18-76-45)82-49-43(73)56(75,21-61)22-78-49)36(69)38(71)46(79-23)83-42-33(66)27(63)17-77-48(42)85-50(74)57-12-11-51(2,3)13-25(57)24-7-8-30-52(4)14-26(62)44(84-47-37(70)35(68)34(67)29(16-58)80-47)55(19-59,20-60)31(52)9-10-53(30,5)54(24,6)15-32(57)65/h7,23,25-49,58-73,75H,8-22H2,1-6H3/t23-,25-,26+,27-,28-,29-,30-,31-,32-,33-,34-,35-,36-,37-,38+,39-,40+,41-,42-,43+,44+,45-,46-,47-,48+,49-,52+,53+,54+,56+,57+/m1/s1. The van der Waals surface area contributed by atoms with Gasteiger partial charge in [-0.15, -0.1) is 0 Å². The molecule has 0 aromatic carbocycles. The van der Waals surface area contributed by atoms with Crippen LogP contribution in [0.2, 0.25) is 0 Å². The summed E-state index contributed by atoms with van der Waals surface area (Å²) in [5.41, 5.74) is -6.87. The van der Waals surface area contributed by atoms with Gasteiger partial charge in [0.1, 0.15) is 90.4 Å². The van der Waals surface area contributed by atoms with Crippen LogP contribution in [-0.2, 0) is 52.2 Å². The van der Waals surface area contributed by atoms with Gasteiger partial charge in [0.15, 0.2) is 31.3 Å². The Morgan fingerprint density at radius 2 is 1.24 bits per heavy atom. The van der Waals surface area contributed by atoms with E-state index in [4.69, 9.17) is 47.4 Å². The summed E-state index contributed by atoms with van der Waals surface area (Å²) in [7, 11) is 0. The van der Waals surface area contributed by atoms with E-state index in [1.165, 1.54) is 6.92 Å². The first kappa shape index (κ1) is 66.1. The Balaban J connectivity index is 0.864. The summed E-state index contributed by atoms with van der Waals surface area (Å²) in [5, 5.41) is 188. The van der Waals surface area contributed by atoms with E-state index in [0.29, 0.717) is 32.1 Å². The molecule has 85 heavy (non-hydrogen) atoms. The van der Waals surface area contributed by atoms with Gasteiger partial charge in [-0.25, -0.2) is 0 Å². The van der Waals surface area contributed by atoms with Crippen molar-refractivity contribution in [2.24, 2.45) is 50.2 Å². The van der Waals surface area contributed by atoms with Crippen molar-refractivity contribution < 1.29 is 139 Å². The monoisotopic (exact) mass is 1220 g/mol.